The zero-order chi connectivity index (χ0) is 10.6. The summed E-state index contributed by atoms with van der Waals surface area (Å²) in [5.74, 6) is 0. The van der Waals surface area contributed by atoms with Crippen LogP contribution >= 0.6 is 23.2 Å². The Morgan fingerprint density at radius 1 is 1.57 bits per heavy atom. The van der Waals surface area contributed by atoms with Crippen LogP contribution in [-0.4, -0.2) is 10.6 Å². The van der Waals surface area contributed by atoms with Crippen LogP contribution in [0.3, 0.4) is 0 Å². The molecule has 0 aliphatic carbocycles. The van der Waals surface area contributed by atoms with Crippen LogP contribution in [-0.2, 0) is 6.42 Å². The Balaban J connectivity index is 2.85. The second-order valence-corrected chi connectivity index (χ2v) is 3.64. The maximum Gasteiger partial charge on any atom is 0.252 e. The molecule has 0 saturated heterocycles. The van der Waals surface area contributed by atoms with Gasteiger partial charge in [0.25, 0.3) is 5.24 Å². The summed E-state index contributed by atoms with van der Waals surface area (Å²) in [6, 6.07) is 8.69. The number of rotatable bonds is 3. The summed E-state index contributed by atoms with van der Waals surface area (Å²) in [7, 11) is 0. The van der Waals surface area contributed by atoms with Crippen molar-refractivity contribution < 1.29 is 4.79 Å². The van der Waals surface area contributed by atoms with Crippen molar-refractivity contribution in [2.45, 2.75) is 11.8 Å². The Morgan fingerprint density at radius 3 is 2.86 bits per heavy atom. The van der Waals surface area contributed by atoms with Crippen LogP contribution in [0.5, 0.6) is 0 Å². The van der Waals surface area contributed by atoms with Gasteiger partial charge in [-0.25, -0.2) is 0 Å². The highest BCUT2D eigenvalue weighted by molar-refractivity contribution is 6.67. The average molecular weight is 228 g/mol. The van der Waals surface area contributed by atoms with Crippen LogP contribution < -0.4 is 0 Å². The van der Waals surface area contributed by atoms with Crippen LogP contribution in [0.4, 0.5) is 0 Å². The SMILES string of the molecule is N#CC(Cl)Cc1cccc(C(=O)Cl)c1. The van der Waals surface area contributed by atoms with Crippen molar-refractivity contribution in [1.82, 2.24) is 0 Å². The zero-order valence-electron chi connectivity index (χ0n) is 7.21. The number of halogens is 2. The molecule has 1 rings (SSSR count). The van der Waals surface area contributed by atoms with E-state index in [1.54, 1.807) is 24.3 Å². The van der Waals surface area contributed by atoms with Crippen molar-refractivity contribution in [3.63, 3.8) is 0 Å². The quantitative estimate of drug-likeness (QED) is 0.589. The van der Waals surface area contributed by atoms with E-state index in [9.17, 15) is 4.79 Å². The third-order valence-corrected chi connectivity index (χ3v) is 2.18. The molecular weight excluding hydrogens is 221 g/mol. The van der Waals surface area contributed by atoms with Crippen molar-refractivity contribution in [2.24, 2.45) is 0 Å². The summed E-state index contributed by atoms with van der Waals surface area (Å²) in [4.78, 5) is 10.8. The van der Waals surface area contributed by atoms with Crippen molar-refractivity contribution in [2.75, 3.05) is 0 Å². The molecule has 1 aromatic rings. The fraction of sp³-hybridized carbons (Fsp3) is 0.200. The monoisotopic (exact) mass is 227 g/mol. The molecule has 0 saturated carbocycles. The van der Waals surface area contributed by atoms with E-state index in [0.29, 0.717) is 12.0 Å². The third-order valence-electron chi connectivity index (χ3n) is 1.71. The highest BCUT2D eigenvalue weighted by Gasteiger charge is 2.06. The van der Waals surface area contributed by atoms with E-state index in [-0.39, 0.29) is 0 Å². The van der Waals surface area contributed by atoms with Gasteiger partial charge >= 0.3 is 0 Å². The standard InChI is InChI=1S/C10H7Cl2NO/c11-9(6-13)5-7-2-1-3-8(4-7)10(12)14/h1-4,9H,5H2. The molecule has 0 fully saturated rings. The molecule has 1 unspecified atom stereocenters. The zero-order valence-corrected chi connectivity index (χ0v) is 8.72. The predicted octanol–water partition coefficient (Wildman–Crippen LogP) is 2.74. The molecule has 72 valence electrons. The molecular formula is C10H7Cl2NO. The van der Waals surface area contributed by atoms with Gasteiger partial charge in [0.1, 0.15) is 5.38 Å². The lowest BCUT2D eigenvalue weighted by Gasteiger charge is -2.02. The summed E-state index contributed by atoms with van der Waals surface area (Å²) in [5.41, 5.74) is 1.25. The van der Waals surface area contributed by atoms with E-state index in [4.69, 9.17) is 28.5 Å². The molecule has 0 radical (unpaired) electrons. The number of hydrogen-bond donors (Lipinski definition) is 0. The summed E-state index contributed by atoms with van der Waals surface area (Å²) < 4.78 is 0. The first kappa shape index (κ1) is 11.0. The van der Waals surface area contributed by atoms with Gasteiger partial charge in [-0.3, -0.25) is 4.79 Å². The molecule has 0 N–H and O–H groups in total. The van der Waals surface area contributed by atoms with Crippen LogP contribution in [0.2, 0.25) is 0 Å². The second kappa shape index (κ2) is 4.99. The first-order chi connectivity index (χ1) is 6.63. The van der Waals surface area contributed by atoms with E-state index in [1.807, 2.05) is 6.07 Å². The van der Waals surface area contributed by atoms with Crippen LogP contribution in [0.15, 0.2) is 24.3 Å². The smallest absolute Gasteiger partial charge is 0.252 e. The Labute approximate surface area is 92.1 Å². The third kappa shape index (κ3) is 3.02. The molecule has 0 bridgehead atoms. The molecule has 2 nitrogen and oxygen atoms in total. The molecule has 1 atom stereocenters. The number of nitrogens with zero attached hydrogens (tertiary/aromatic N) is 1. The molecule has 0 aromatic heterocycles. The van der Waals surface area contributed by atoms with Gasteiger partial charge < -0.3 is 0 Å². The molecule has 0 amide bonds. The summed E-state index contributed by atoms with van der Waals surface area (Å²) >= 11 is 11.0. The number of carbonyl (C=O) groups is 1. The van der Waals surface area contributed by atoms with Gasteiger partial charge in [0.2, 0.25) is 0 Å². The first-order valence-electron chi connectivity index (χ1n) is 3.96. The van der Waals surface area contributed by atoms with Gasteiger partial charge in [0, 0.05) is 12.0 Å². The number of alkyl halides is 1. The highest BCUT2D eigenvalue weighted by atomic mass is 35.5. The van der Waals surface area contributed by atoms with E-state index in [2.05, 4.69) is 0 Å². The molecule has 0 spiro atoms. The Hall–Kier alpha value is -1.04. The second-order valence-electron chi connectivity index (χ2n) is 2.77. The molecule has 0 aliphatic rings. The number of hydrogen-bond acceptors (Lipinski definition) is 2. The molecule has 1 aromatic carbocycles. The van der Waals surface area contributed by atoms with Crippen molar-refractivity contribution in [3.8, 4) is 6.07 Å². The minimum Gasteiger partial charge on any atom is -0.276 e. The molecule has 0 heterocycles. The molecule has 4 heteroatoms. The van der Waals surface area contributed by atoms with Gasteiger partial charge in [-0.05, 0) is 23.2 Å². The summed E-state index contributed by atoms with van der Waals surface area (Å²) in [6.07, 6.45) is 0.413. The van der Waals surface area contributed by atoms with Gasteiger partial charge in [-0.1, -0.05) is 18.2 Å². The van der Waals surface area contributed by atoms with Crippen molar-refractivity contribution >= 4 is 28.4 Å². The normalized spacial score (nSPS) is 11.8. The molecule has 14 heavy (non-hydrogen) atoms. The fourth-order valence-corrected chi connectivity index (χ4v) is 1.37. The number of nitriles is 1. The minimum absolute atomic E-state index is 0.413. The van der Waals surface area contributed by atoms with Crippen LogP contribution in [0.25, 0.3) is 0 Å². The van der Waals surface area contributed by atoms with E-state index >= 15 is 0 Å². The van der Waals surface area contributed by atoms with Gasteiger partial charge in [0.15, 0.2) is 0 Å². The van der Waals surface area contributed by atoms with Crippen molar-refractivity contribution in [1.29, 1.82) is 5.26 Å². The number of benzene rings is 1. The first-order valence-corrected chi connectivity index (χ1v) is 4.77. The Bertz CT molecular complexity index is 384. The van der Waals surface area contributed by atoms with E-state index < -0.39 is 10.6 Å². The maximum absolute atomic E-state index is 10.8. The number of carbonyl (C=O) groups excluding carboxylic acids is 1. The molecule has 0 aliphatic heterocycles. The summed E-state index contributed by atoms with van der Waals surface area (Å²) in [5, 5.41) is 7.42. The lowest BCUT2D eigenvalue weighted by molar-refractivity contribution is 0.108. The van der Waals surface area contributed by atoms with Gasteiger partial charge in [0.05, 0.1) is 6.07 Å². The van der Waals surface area contributed by atoms with Crippen LogP contribution in [0.1, 0.15) is 15.9 Å². The van der Waals surface area contributed by atoms with Crippen molar-refractivity contribution in [3.05, 3.63) is 35.4 Å². The minimum atomic E-state index is -0.573. The van der Waals surface area contributed by atoms with Gasteiger partial charge in [-0.2, -0.15) is 5.26 Å². The lowest BCUT2D eigenvalue weighted by atomic mass is 10.1. The van der Waals surface area contributed by atoms with E-state index in [0.717, 1.165) is 5.56 Å². The van der Waals surface area contributed by atoms with Gasteiger partial charge in [-0.15, -0.1) is 11.6 Å². The predicted molar refractivity (Wildman–Crippen MR) is 55.6 cm³/mol. The topological polar surface area (TPSA) is 40.9 Å². The highest BCUT2D eigenvalue weighted by Crippen LogP contribution is 2.11. The van der Waals surface area contributed by atoms with Crippen LogP contribution in [0, 0.1) is 11.3 Å². The fourth-order valence-electron chi connectivity index (χ4n) is 1.07. The Morgan fingerprint density at radius 2 is 2.29 bits per heavy atom. The Kier molecular flexibility index (Phi) is 3.94. The maximum atomic E-state index is 10.8. The average Bonchev–Trinajstić information content (AvgIpc) is 2.18. The summed E-state index contributed by atoms with van der Waals surface area (Å²) in [6.45, 7) is 0. The largest absolute Gasteiger partial charge is 0.276 e. The van der Waals surface area contributed by atoms with E-state index in [1.165, 1.54) is 0 Å². The lowest BCUT2D eigenvalue weighted by Crippen LogP contribution is -2.00.